The first-order valence-corrected chi connectivity index (χ1v) is 14.3. The van der Waals surface area contributed by atoms with E-state index in [4.69, 9.17) is 4.74 Å². The summed E-state index contributed by atoms with van der Waals surface area (Å²) >= 11 is 0. The van der Waals surface area contributed by atoms with Gasteiger partial charge >= 0.3 is 0 Å². The lowest BCUT2D eigenvalue weighted by Gasteiger charge is -2.27. The molecule has 39 heavy (non-hydrogen) atoms. The Morgan fingerprint density at radius 3 is 2.26 bits per heavy atom. The molecule has 8 nitrogen and oxygen atoms in total. The van der Waals surface area contributed by atoms with E-state index < -0.39 is 22.0 Å². The first kappa shape index (κ1) is 27.7. The summed E-state index contributed by atoms with van der Waals surface area (Å²) < 4.78 is 34.3. The van der Waals surface area contributed by atoms with Gasteiger partial charge < -0.3 is 9.30 Å². The topological polar surface area (TPSA) is 93.0 Å². The quantitative estimate of drug-likeness (QED) is 0.222. The van der Waals surface area contributed by atoms with Gasteiger partial charge in [-0.05, 0) is 87.9 Å². The van der Waals surface area contributed by atoms with Crippen LogP contribution in [-0.2, 0) is 14.8 Å². The molecular weight excluding hydrogens is 512 g/mol. The van der Waals surface area contributed by atoms with Gasteiger partial charge in [-0.25, -0.2) is 13.8 Å². The number of benzene rings is 3. The predicted octanol–water partition coefficient (Wildman–Crippen LogP) is 5.50. The summed E-state index contributed by atoms with van der Waals surface area (Å²) in [4.78, 5) is 13.0. The number of hydrogen-bond acceptors (Lipinski definition) is 5. The Hall–Kier alpha value is -4.37. The average molecular weight is 545 g/mol. The van der Waals surface area contributed by atoms with Gasteiger partial charge in [-0.15, -0.1) is 0 Å². The van der Waals surface area contributed by atoms with Crippen molar-refractivity contribution in [2.45, 2.75) is 33.7 Å². The minimum atomic E-state index is -3.78. The molecule has 0 aliphatic rings. The van der Waals surface area contributed by atoms with Crippen LogP contribution in [0, 0.1) is 20.8 Å². The number of carbonyl (C=O) groups is 1. The second kappa shape index (κ2) is 11.6. The molecule has 4 aromatic rings. The molecule has 1 aromatic heterocycles. The maximum absolute atomic E-state index is 13.0. The third-order valence-corrected chi connectivity index (χ3v) is 7.51. The Balaban J connectivity index is 1.48. The number of carbonyl (C=O) groups excluding carboxylic acids is 1. The number of nitrogens with zero attached hydrogens (tertiary/aromatic N) is 3. The first-order valence-electron chi connectivity index (χ1n) is 12.5. The Morgan fingerprint density at radius 2 is 1.62 bits per heavy atom. The highest BCUT2D eigenvalue weighted by molar-refractivity contribution is 7.92. The fourth-order valence-electron chi connectivity index (χ4n) is 4.44. The lowest BCUT2D eigenvalue weighted by Crippen LogP contribution is -2.46. The molecule has 0 fully saturated rings. The van der Waals surface area contributed by atoms with E-state index in [1.54, 1.807) is 30.5 Å². The van der Waals surface area contributed by atoms with Gasteiger partial charge in [-0.1, -0.05) is 30.3 Å². The van der Waals surface area contributed by atoms with Crippen LogP contribution in [-0.4, -0.2) is 37.4 Å². The van der Waals surface area contributed by atoms with Gasteiger partial charge in [-0.3, -0.25) is 9.10 Å². The molecule has 0 saturated carbocycles. The zero-order chi connectivity index (χ0) is 28.2. The van der Waals surface area contributed by atoms with E-state index in [2.05, 4.69) is 21.2 Å². The normalized spacial score (nSPS) is 12.3. The van der Waals surface area contributed by atoms with E-state index in [1.165, 1.54) is 6.92 Å². The number of hydrogen-bond donors (Lipinski definition) is 1. The molecule has 1 N–H and O–H groups in total. The highest BCUT2D eigenvalue weighted by Gasteiger charge is 2.29. The minimum absolute atomic E-state index is 0.339. The molecule has 3 aromatic carbocycles. The van der Waals surface area contributed by atoms with E-state index in [0.29, 0.717) is 17.2 Å². The van der Waals surface area contributed by atoms with Crippen molar-refractivity contribution in [3.8, 4) is 17.2 Å². The summed E-state index contributed by atoms with van der Waals surface area (Å²) in [6.45, 7) is 7.55. The lowest BCUT2D eigenvalue weighted by atomic mass is 10.2. The molecule has 1 amide bonds. The van der Waals surface area contributed by atoms with E-state index in [9.17, 15) is 13.2 Å². The molecule has 0 spiro atoms. The predicted molar refractivity (Wildman–Crippen MR) is 155 cm³/mol. The molecule has 4 rings (SSSR count). The van der Waals surface area contributed by atoms with Crippen molar-refractivity contribution in [1.29, 1.82) is 0 Å². The Bertz CT molecular complexity index is 1590. The number of sulfonamides is 1. The zero-order valence-electron chi connectivity index (χ0n) is 22.6. The molecular formula is C30H32N4O4S. The number of nitrogens with one attached hydrogen (secondary N) is 1. The molecule has 0 radical (unpaired) electrons. The zero-order valence-corrected chi connectivity index (χ0v) is 23.4. The number of rotatable bonds is 9. The van der Waals surface area contributed by atoms with Gasteiger partial charge in [0.1, 0.15) is 17.5 Å². The summed E-state index contributed by atoms with van der Waals surface area (Å²) in [6.07, 6.45) is 2.63. The van der Waals surface area contributed by atoms with Gasteiger partial charge in [-0.2, -0.15) is 5.10 Å². The fraction of sp³-hybridized carbons (Fsp3) is 0.200. The Morgan fingerprint density at radius 1 is 0.949 bits per heavy atom. The second-order valence-corrected chi connectivity index (χ2v) is 11.2. The average Bonchev–Trinajstić information content (AvgIpc) is 3.17. The molecule has 9 heteroatoms. The Kier molecular flexibility index (Phi) is 8.21. The summed E-state index contributed by atoms with van der Waals surface area (Å²) in [7, 11) is -3.78. The largest absolute Gasteiger partial charge is 0.457 e. The maximum atomic E-state index is 13.0. The van der Waals surface area contributed by atoms with E-state index in [0.717, 1.165) is 38.8 Å². The summed E-state index contributed by atoms with van der Waals surface area (Å²) in [5.74, 6) is 0.646. The second-order valence-electron chi connectivity index (χ2n) is 9.38. The number of para-hydroxylation sites is 1. The molecule has 0 saturated heterocycles. The molecule has 0 aliphatic heterocycles. The SMILES string of the molecule is Cc1cccc(-n2c(C)cc(/C=N\NC(=O)[C@@H](C)N(c3ccc(Oc4ccccc4)cc3)S(C)(=O)=O)c2C)c1. The molecule has 0 bridgehead atoms. The van der Waals surface area contributed by atoms with Crippen LogP contribution in [0.2, 0.25) is 0 Å². The highest BCUT2D eigenvalue weighted by atomic mass is 32.2. The van der Waals surface area contributed by atoms with Crippen molar-refractivity contribution in [2.24, 2.45) is 5.10 Å². The monoisotopic (exact) mass is 544 g/mol. The standard InChI is InChI=1S/C30H32N4O4S/c1-21-10-9-11-27(18-21)33-22(2)19-25(23(33)3)20-31-32-30(35)24(4)34(39(5,36)37)26-14-16-29(17-15-26)38-28-12-7-6-8-13-28/h6-20,24H,1-5H3,(H,32,35)/b31-20-/t24-/m1/s1. The molecule has 202 valence electrons. The summed E-state index contributed by atoms with van der Waals surface area (Å²) in [5.41, 5.74) is 7.88. The summed E-state index contributed by atoms with van der Waals surface area (Å²) in [5, 5.41) is 4.13. The van der Waals surface area contributed by atoms with Crippen LogP contribution in [0.25, 0.3) is 5.69 Å². The van der Waals surface area contributed by atoms with E-state index in [-0.39, 0.29) is 0 Å². The van der Waals surface area contributed by atoms with Gasteiger partial charge in [0.05, 0.1) is 18.2 Å². The van der Waals surface area contributed by atoms with Gasteiger partial charge in [0.15, 0.2) is 0 Å². The van der Waals surface area contributed by atoms with Crippen LogP contribution in [0.5, 0.6) is 11.5 Å². The van der Waals surface area contributed by atoms with Crippen LogP contribution in [0.4, 0.5) is 5.69 Å². The van der Waals surface area contributed by atoms with Crippen molar-refractivity contribution in [1.82, 2.24) is 9.99 Å². The van der Waals surface area contributed by atoms with Gasteiger partial charge in [0.25, 0.3) is 5.91 Å². The fourth-order valence-corrected chi connectivity index (χ4v) is 5.61. The van der Waals surface area contributed by atoms with Crippen LogP contribution in [0.1, 0.15) is 29.4 Å². The number of hydrazone groups is 1. The van der Waals surface area contributed by atoms with Crippen molar-refractivity contribution >= 4 is 27.8 Å². The number of aryl methyl sites for hydroxylation is 2. The van der Waals surface area contributed by atoms with Crippen molar-refractivity contribution in [3.05, 3.63) is 107 Å². The van der Waals surface area contributed by atoms with Crippen LogP contribution in [0.3, 0.4) is 0 Å². The minimum Gasteiger partial charge on any atom is -0.457 e. The van der Waals surface area contributed by atoms with Gasteiger partial charge in [0.2, 0.25) is 10.0 Å². The maximum Gasteiger partial charge on any atom is 0.263 e. The van der Waals surface area contributed by atoms with Crippen molar-refractivity contribution in [3.63, 3.8) is 0 Å². The molecule has 1 atom stereocenters. The first-order chi connectivity index (χ1) is 18.5. The van der Waals surface area contributed by atoms with Crippen molar-refractivity contribution in [2.75, 3.05) is 10.6 Å². The highest BCUT2D eigenvalue weighted by Crippen LogP contribution is 2.27. The van der Waals surface area contributed by atoms with Crippen molar-refractivity contribution < 1.29 is 17.9 Å². The number of amides is 1. The van der Waals surface area contributed by atoms with E-state index in [1.807, 2.05) is 75.4 Å². The third kappa shape index (κ3) is 6.56. The van der Waals surface area contributed by atoms with E-state index >= 15 is 0 Å². The number of anilines is 1. The smallest absolute Gasteiger partial charge is 0.263 e. The van der Waals surface area contributed by atoms with Crippen LogP contribution in [0.15, 0.2) is 90.0 Å². The van der Waals surface area contributed by atoms with Crippen LogP contribution >= 0.6 is 0 Å². The number of ether oxygens (including phenoxy) is 1. The molecule has 0 unspecified atom stereocenters. The third-order valence-electron chi connectivity index (χ3n) is 6.27. The summed E-state index contributed by atoms with van der Waals surface area (Å²) in [6, 6.07) is 24.9. The molecule has 1 heterocycles. The number of aromatic nitrogens is 1. The molecule has 0 aliphatic carbocycles. The van der Waals surface area contributed by atoms with Crippen LogP contribution < -0.4 is 14.5 Å². The Labute approximate surface area is 229 Å². The van der Waals surface area contributed by atoms with Gasteiger partial charge in [0, 0.05) is 22.6 Å². The lowest BCUT2D eigenvalue weighted by molar-refractivity contribution is -0.121.